The van der Waals surface area contributed by atoms with Gasteiger partial charge in [0.15, 0.2) is 0 Å². The van der Waals surface area contributed by atoms with Crippen LogP contribution < -0.4 is 0 Å². The van der Waals surface area contributed by atoms with Crippen molar-refractivity contribution in [3.8, 4) is 11.1 Å². The van der Waals surface area contributed by atoms with E-state index >= 15 is 0 Å². The molecule has 0 aliphatic heterocycles. The fourth-order valence-corrected chi connectivity index (χ4v) is 3.96. The molecule has 3 aromatic rings. The van der Waals surface area contributed by atoms with Gasteiger partial charge >= 0.3 is 0 Å². The Morgan fingerprint density at radius 2 is 1.03 bits per heavy atom. The smallest absolute Gasteiger partial charge is 0.0109 e. The summed E-state index contributed by atoms with van der Waals surface area (Å²) in [6, 6.07) is 22.0. The first kappa shape index (κ1) is 37.3. The molecule has 0 N–H and O–H groups in total. The molecule has 1 aliphatic rings. The number of hydrogen-bond acceptors (Lipinski definition) is 0. The quantitative estimate of drug-likeness (QED) is 0.298. The van der Waals surface area contributed by atoms with E-state index in [-0.39, 0.29) is 0 Å². The molecular weight excluding hydrogens is 456 g/mol. The maximum Gasteiger partial charge on any atom is -0.0109 e. The average molecular weight is 515 g/mol. The van der Waals surface area contributed by atoms with Gasteiger partial charge in [-0.25, -0.2) is 0 Å². The van der Waals surface area contributed by atoms with Gasteiger partial charge in [-0.1, -0.05) is 144 Å². The number of hydrogen-bond donors (Lipinski definition) is 0. The fourth-order valence-electron chi connectivity index (χ4n) is 3.96. The van der Waals surface area contributed by atoms with Crippen molar-refractivity contribution < 1.29 is 0 Å². The molecule has 38 heavy (non-hydrogen) atoms. The molecule has 0 radical (unpaired) electrons. The van der Waals surface area contributed by atoms with E-state index in [2.05, 4.69) is 108 Å². The van der Waals surface area contributed by atoms with Crippen molar-refractivity contribution in [1.29, 1.82) is 0 Å². The van der Waals surface area contributed by atoms with Crippen molar-refractivity contribution in [1.82, 2.24) is 0 Å². The van der Waals surface area contributed by atoms with Gasteiger partial charge in [0, 0.05) is 0 Å². The SMILES string of the molecule is C=C(C)C.C=C(C)c1cc(C)ccc1-c1ccc(C)cc1.CC.CC.CC.Cc1ccc2c(c1)CC(C)C2. The predicted molar refractivity (Wildman–Crippen MR) is 178 cm³/mol. The molecule has 0 fully saturated rings. The first-order valence-electron chi connectivity index (χ1n) is 14.6. The highest BCUT2D eigenvalue weighted by atomic mass is 14.2. The topological polar surface area (TPSA) is 0 Å². The third kappa shape index (κ3) is 14.2. The minimum atomic E-state index is 0.867. The van der Waals surface area contributed by atoms with E-state index in [1.807, 2.05) is 55.4 Å². The second kappa shape index (κ2) is 21.1. The zero-order valence-corrected chi connectivity index (χ0v) is 27.2. The lowest BCUT2D eigenvalue weighted by molar-refractivity contribution is 0.628. The predicted octanol–water partition coefficient (Wildman–Crippen LogP) is 12.4. The van der Waals surface area contributed by atoms with E-state index in [0.29, 0.717) is 0 Å². The van der Waals surface area contributed by atoms with E-state index in [0.717, 1.165) is 11.5 Å². The molecule has 0 amide bonds. The van der Waals surface area contributed by atoms with Crippen molar-refractivity contribution in [2.75, 3.05) is 0 Å². The first-order valence-corrected chi connectivity index (χ1v) is 14.6. The summed E-state index contributed by atoms with van der Waals surface area (Å²) in [6.45, 7) is 34.4. The minimum Gasteiger partial charge on any atom is -0.100 e. The van der Waals surface area contributed by atoms with Gasteiger partial charge in [0.2, 0.25) is 0 Å². The molecule has 1 atom stereocenters. The molecule has 3 aromatic carbocycles. The standard InChI is InChI=1S/C17H18.C11H14.C4H8.3C2H6/c1-12(2)17-11-14(4)7-10-16(17)15-8-5-13(3)6-9-15;1-8-3-4-10-6-9(2)7-11(10)5-8;1-4(2)3;3*1-2/h5-11H,1H2,2-4H3;3-5,9H,6-7H2,1-2H3;1H2,2-3H3;3*1-2H3. The van der Waals surface area contributed by atoms with Crippen LogP contribution in [-0.4, -0.2) is 0 Å². The van der Waals surface area contributed by atoms with E-state index < -0.39 is 0 Å². The summed E-state index contributed by atoms with van der Waals surface area (Å²) in [5.41, 5.74) is 13.2. The van der Waals surface area contributed by atoms with Crippen molar-refractivity contribution in [3.63, 3.8) is 0 Å². The Bertz CT molecular complexity index is 1060. The van der Waals surface area contributed by atoms with Crippen LogP contribution in [0.3, 0.4) is 0 Å². The van der Waals surface area contributed by atoms with Gasteiger partial charge in [-0.2, -0.15) is 0 Å². The molecule has 0 nitrogen and oxygen atoms in total. The van der Waals surface area contributed by atoms with E-state index in [9.17, 15) is 0 Å². The highest BCUT2D eigenvalue weighted by molar-refractivity contribution is 5.80. The third-order valence-electron chi connectivity index (χ3n) is 5.50. The van der Waals surface area contributed by atoms with E-state index in [4.69, 9.17) is 0 Å². The summed E-state index contributed by atoms with van der Waals surface area (Å²) in [5.74, 6) is 0.867. The fraction of sp³-hybridized carbons (Fsp3) is 0.421. The van der Waals surface area contributed by atoms with Crippen LogP contribution in [0.25, 0.3) is 16.7 Å². The lowest BCUT2D eigenvalue weighted by Crippen LogP contribution is -1.89. The lowest BCUT2D eigenvalue weighted by atomic mass is 9.94. The molecule has 0 saturated heterocycles. The highest BCUT2D eigenvalue weighted by Gasteiger charge is 2.16. The van der Waals surface area contributed by atoms with Crippen LogP contribution in [0.1, 0.15) is 103 Å². The van der Waals surface area contributed by atoms with Crippen LogP contribution in [0.2, 0.25) is 0 Å². The van der Waals surface area contributed by atoms with Gasteiger partial charge in [-0.05, 0) is 88.1 Å². The molecule has 0 bridgehead atoms. The van der Waals surface area contributed by atoms with Crippen molar-refractivity contribution in [3.05, 3.63) is 113 Å². The molecular formula is C38H58. The van der Waals surface area contributed by atoms with Gasteiger partial charge in [0.25, 0.3) is 0 Å². The summed E-state index contributed by atoms with van der Waals surface area (Å²) in [6.07, 6.45) is 2.58. The Morgan fingerprint density at radius 1 is 0.605 bits per heavy atom. The maximum atomic E-state index is 4.07. The zero-order valence-electron chi connectivity index (χ0n) is 27.2. The highest BCUT2D eigenvalue weighted by Crippen LogP contribution is 2.29. The molecule has 1 unspecified atom stereocenters. The molecule has 0 heterocycles. The lowest BCUT2D eigenvalue weighted by Gasteiger charge is -2.11. The van der Waals surface area contributed by atoms with Crippen LogP contribution in [-0.2, 0) is 12.8 Å². The molecule has 4 rings (SSSR count). The van der Waals surface area contributed by atoms with Gasteiger partial charge in [0.05, 0.1) is 0 Å². The average Bonchev–Trinajstić information content (AvgIpc) is 3.27. The van der Waals surface area contributed by atoms with Crippen LogP contribution in [0.4, 0.5) is 0 Å². The number of benzene rings is 3. The van der Waals surface area contributed by atoms with Gasteiger partial charge in [0.1, 0.15) is 0 Å². The van der Waals surface area contributed by atoms with Crippen LogP contribution in [0, 0.1) is 26.7 Å². The second-order valence-corrected chi connectivity index (χ2v) is 9.69. The summed E-state index contributed by atoms with van der Waals surface area (Å²) in [7, 11) is 0. The number of fused-ring (bicyclic) bond motifs is 1. The molecule has 0 aromatic heterocycles. The number of allylic oxidation sites excluding steroid dienone is 2. The Morgan fingerprint density at radius 3 is 1.53 bits per heavy atom. The molecule has 0 saturated carbocycles. The molecule has 0 spiro atoms. The summed E-state index contributed by atoms with van der Waals surface area (Å²) in [5, 5.41) is 0. The van der Waals surface area contributed by atoms with Crippen LogP contribution >= 0.6 is 0 Å². The number of rotatable bonds is 2. The maximum absolute atomic E-state index is 4.07. The Labute approximate surface area is 237 Å². The summed E-state index contributed by atoms with van der Waals surface area (Å²) >= 11 is 0. The monoisotopic (exact) mass is 514 g/mol. The Kier molecular flexibility index (Phi) is 20.7. The summed E-state index contributed by atoms with van der Waals surface area (Å²) in [4.78, 5) is 0. The van der Waals surface area contributed by atoms with E-state index in [1.54, 1.807) is 11.1 Å². The third-order valence-corrected chi connectivity index (χ3v) is 5.50. The largest absolute Gasteiger partial charge is 0.100 e. The van der Waals surface area contributed by atoms with Crippen LogP contribution in [0.5, 0.6) is 0 Å². The molecule has 0 heteroatoms. The van der Waals surface area contributed by atoms with Crippen molar-refractivity contribution in [2.24, 2.45) is 5.92 Å². The second-order valence-electron chi connectivity index (χ2n) is 9.69. The summed E-state index contributed by atoms with van der Waals surface area (Å²) < 4.78 is 0. The normalized spacial score (nSPS) is 12.1. The zero-order chi connectivity index (χ0) is 29.8. The first-order chi connectivity index (χ1) is 18.1. The van der Waals surface area contributed by atoms with Crippen molar-refractivity contribution >= 4 is 5.57 Å². The van der Waals surface area contributed by atoms with Gasteiger partial charge < -0.3 is 0 Å². The van der Waals surface area contributed by atoms with Crippen molar-refractivity contribution in [2.45, 2.75) is 103 Å². The Hall–Kier alpha value is -2.86. The minimum absolute atomic E-state index is 0.867. The molecule has 210 valence electrons. The number of aryl methyl sites for hydroxylation is 3. The van der Waals surface area contributed by atoms with E-state index in [1.165, 1.54) is 51.8 Å². The van der Waals surface area contributed by atoms with Gasteiger partial charge in [-0.3, -0.25) is 0 Å². The van der Waals surface area contributed by atoms with Crippen LogP contribution in [0.15, 0.2) is 79.4 Å². The molecule has 1 aliphatic carbocycles. The Balaban J connectivity index is 0. The van der Waals surface area contributed by atoms with Gasteiger partial charge in [-0.15, -0.1) is 6.58 Å².